The number of hydrogen-bond donors (Lipinski definition) is 0. The molecule has 0 fully saturated rings. The molecular formula is C17H15Cl2NO3. The number of carbonyl (C=O) groups excluding carboxylic acids is 2. The van der Waals surface area contributed by atoms with E-state index in [1.165, 1.54) is 7.11 Å². The van der Waals surface area contributed by atoms with E-state index >= 15 is 0 Å². The predicted octanol–water partition coefficient (Wildman–Crippen LogP) is 4.05. The van der Waals surface area contributed by atoms with E-state index in [4.69, 9.17) is 23.2 Å². The third kappa shape index (κ3) is 4.47. The van der Waals surface area contributed by atoms with Crippen LogP contribution in [0.2, 0.25) is 10.0 Å². The molecule has 0 unspecified atom stereocenters. The Morgan fingerprint density at radius 2 is 1.57 bits per heavy atom. The Morgan fingerprint density at radius 1 is 1.00 bits per heavy atom. The fourth-order valence-corrected chi connectivity index (χ4v) is 2.63. The Balaban J connectivity index is 2.10. The van der Waals surface area contributed by atoms with Crippen molar-refractivity contribution in [2.75, 3.05) is 14.2 Å². The van der Waals surface area contributed by atoms with Crippen LogP contribution in [0.25, 0.3) is 0 Å². The van der Waals surface area contributed by atoms with Gasteiger partial charge >= 0.3 is 5.97 Å². The van der Waals surface area contributed by atoms with Crippen LogP contribution in [-0.2, 0) is 11.3 Å². The number of hydrogen-bond acceptors (Lipinski definition) is 3. The quantitative estimate of drug-likeness (QED) is 0.780. The fourth-order valence-electron chi connectivity index (χ4n) is 2.11. The molecule has 0 aliphatic heterocycles. The molecule has 0 spiro atoms. The summed E-state index contributed by atoms with van der Waals surface area (Å²) in [5.74, 6) is -0.582. The van der Waals surface area contributed by atoms with Gasteiger partial charge in [0.15, 0.2) is 0 Å². The lowest BCUT2D eigenvalue weighted by Gasteiger charge is -2.18. The molecule has 2 aromatic rings. The SMILES string of the molecule is COC(=O)c1ccc(CN(C)C(=O)c2cc(Cl)cc(Cl)c2)cc1. The number of rotatable bonds is 4. The molecule has 0 bridgehead atoms. The minimum atomic E-state index is -0.394. The summed E-state index contributed by atoms with van der Waals surface area (Å²) < 4.78 is 4.65. The number of benzene rings is 2. The van der Waals surface area contributed by atoms with E-state index in [0.29, 0.717) is 27.7 Å². The van der Waals surface area contributed by atoms with E-state index in [9.17, 15) is 9.59 Å². The number of halogens is 2. The van der Waals surface area contributed by atoms with Gasteiger partial charge in [0.05, 0.1) is 12.7 Å². The van der Waals surface area contributed by atoms with Gasteiger partial charge in [0.2, 0.25) is 0 Å². The third-order valence-corrected chi connectivity index (χ3v) is 3.69. The molecule has 2 aromatic carbocycles. The van der Waals surface area contributed by atoms with Crippen LogP contribution in [-0.4, -0.2) is 30.9 Å². The summed E-state index contributed by atoms with van der Waals surface area (Å²) in [6.45, 7) is 0.393. The van der Waals surface area contributed by atoms with Gasteiger partial charge in [-0.3, -0.25) is 4.79 Å². The van der Waals surface area contributed by atoms with E-state index in [1.807, 2.05) is 0 Å². The van der Waals surface area contributed by atoms with Crippen molar-refractivity contribution in [1.82, 2.24) is 4.90 Å². The van der Waals surface area contributed by atoms with Crippen LogP contribution < -0.4 is 0 Å². The van der Waals surface area contributed by atoms with Crippen LogP contribution in [0.3, 0.4) is 0 Å². The Kier molecular flexibility index (Phi) is 5.64. The second kappa shape index (κ2) is 7.49. The normalized spacial score (nSPS) is 10.3. The van der Waals surface area contributed by atoms with Gasteiger partial charge in [0, 0.05) is 29.2 Å². The van der Waals surface area contributed by atoms with Gasteiger partial charge in [-0.25, -0.2) is 4.79 Å². The van der Waals surface area contributed by atoms with Crippen molar-refractivity contribution in [3.63, 3.8) is 0 Å². The first-order valence-corrected chi connectivity index (χ1v) is 7.55. The van der Waals surface area contributed by atoms with Gasteiger partial charge in [0.25, 0.3) is 5.91 Å². The number of carbonyl (C=O) groups is 2. The number of ether oxygens (including phenoxy) is 1. The molecule has 120 valence electrons. The number of amides is 1. The molecular weight excluding hydrogens is 337 g/mol. The molecule has 0 aliphatic carbocycles. The van der Waals surface area contributed by atoms with Crippen molar-refractivity contribution in [1.29, 1.82) is 0 Å². The predicted molar refractivity (Wildman–Crippen MR) is 90.0 cm³/mol. The molecule has 0 saturated carbocycles. The van der Waals surface area contributed by atoms with Gasteiger partial charge < -0.3 is 9.64 Å². The Morgan fingerprint density at radius 3 is 2.09 bits per heavy atom. The Labute approximate surface area is 144 Å². The first kappa shape index (κ1) is 17.3. The average molecular weight is 352 g/mol. The van der Waals surface area contributed by atoms with E-state index in [0.717, 1.165) is 5.56 Å². The van der Waals surface area contributed by atoms with Crippen LogP contribution >= 0.6 is 23.2 Å². The summed E-state index contributed by atoms with van der Waals surface area (Å²) in [7, 11) is 3.02. The largest absolute Gasteiger partial charge is 0.465 e. The van der Waals surface area contributed by atoms with Gasteiger partial charge in [-0.1, -0.05) is 35.3 Å². The standard InChI is InChI=1S/C17H15Cl2NO3/c1-20(16(21)13-7-14(18)9-15(19)8-13)10-11-3-5-12(6-4-11)17(22)23-2/h3-9H,10H2,1-2H3. The highest BCUT2D eigenvalue weighted by atomic mass is 35.5. The zero-order chi connectivity index (χ0) is 17.0. The molecule has 2 rings (SSSR count). The molecule has 0 radical (unpaired) electrons. The minimum Gasteiger partial charge on any atom is -0.465 e. The third-order valence-electron chi connectivity index (χ3n) is 3.25. The lowest BCUT2D eigenvalue weighted by Crippen LogP contribution is -2.26. The van der Waals surface area contributed by atoms with Crippen molar-refractivity contribution in [3.05, 3.63) is 69.2 Å². The highest BCUT2D eigenvalue weighted by Crippen LogP contribution is 2.20. The minimum absolute atomic E-state index is 0.188. The number of esters is 1. The molecule has 0 atom stereocenters. The molecule has 0 saturated heterocycles. The molecule has 0 aromatic heterocycles. The zero-order valence-electron chi connectivity index (χ0n) is 12.7. The number of nitrogens with zero attached hydrogens (tertiary/aromatic N) is 1. The molecule has 23 heavy (non-hydrogen) atoms. The highest BCUT2D eigenvalue weighted by molar-refractivity contribution is 6.35. The van der Waals surface area contributed by atoms with Crippen LogP contribution in [0.4, 0.5) is 0 Å². The van der Waals surface area contributed by atoms with Gasteiger partial charge in [-0.05, 0) is 35.9 Å². The summed E-state index contributed by atoms with van der Waals surface area (Å²) in [4.78, 5) is 25.4. The summed E-state index contributed by atoms with van der Waals surface area (Å²) in [5, 5.41) is 0.827. The van der Waals surface area contributed by atoms with E-state index in [-0.39, 0.29) is 5.91 Å². The summed E-state index contributed by atoms with van der Waals surface area (Å²) in [6.07, 6.45) is 0. The first-order valence-electron chi connectivity index (χ1n) is 6.79. The average Bonchev–Trinajstić information content (AvgIpc) is 2.53. The van der Waals surface area contributed by atoms with Gasteiger partial charge in [-0.15, -0.1) is 0 Å². The van der Waals surface area contributed by atoms with Crippen molar-refractivity contribution in [3.8, 4) is 0 Å². The van der Waals surface area contributed by atoms with Crippen LogP contribution in [0, 0.1) is 0 Å². The van der Waals surface area contributed by atoms with Gasteiger partial charge in [0.1, 0.15) is 0 Å². The molecule has 0 heterocycles. The topological polar surface area (TPSA) is 46.6 Å². The molecule has 1 amide bonds. The zero-order valence-corrected chi connectivity index (χ0v) is 14.2. The molecule has 0 N–H and O–H groups in total. The van der Waals surface area contributed by atoms with Crippen molar-refractivity contribution in [2.24, 2.45) is 0 Å². The maximum absolute atomic E-state index is 12.4. The van der Waals surface area contributed by atoms with Crippen LogP contribution in [0.1, 0.15) is 26.3 Å². The second-order valence-electron chi connectivity index (χ2n) is 5.01. The maximum atomic E-state index is 12.4. The monoisotopic (exact) mass is 351 g/mol. The summed E-state index contributed by atoms with van der Waals surface area (Å²) >= 11 is 11.8. The van der Waals surface area contributed by atoms with E-state index < -0.39 is 5.97 Å². The lowest BCUT2D eigenvalue weighted by atomic mass is 10.1. The Bertz CT molecular complexity index is 709. The molecule has 4 nitrogen and oxygen atoms in total. The van der Waals surface area contributed by atoms with Crippen molar-refractivity contribution in [2.45, 2.75) is 6.54 Å². The molecule has 6 heteroatoms. The lowest BCUT2D eigenvalue weighted by molar-refractivity contribution is 0.0600. The summed E-state index contributed by atoms with van der Waals surface area (Å²) in [6, 6.07) is 11.6. The van der Waals surface area contributed by atoms with Crippen LogP contribution in [0.15, 0.2) is 42.5 Å². The summed E-state index contributed by atoms with van der Waals surface area (Å²) in [5.41, 5.74) is 1.78. The van der Waals surface area contributed by atoms with Crippen molar-refractivity contribution >= 4 is 35.1 Å². The second-order valence-corrected chi connectivity index (χ2v) is 5.88. The van der Waals surface area contributed by atoms with E-state index in [2.05, 4.69) is 4.74 Å². The fraction of sp³-hybridized carbons (Fsp3) is 0.176. The number of methoxy groups -OCH3 is 1. The van der Waals surface area contributed by atoms with Crippen LogP contribution in [0.5, 0.6) is 0 Å². The Hall–Kier alpha value is -2.04. The highest BCUT2D eigenvalue weighted by Gasteiger charge is 2.14. The first-order chi connectivity index (χ1) is 10.9. The van der Waals surface area contributed by atoms with Crippen molar-refractivity contribution < 1.29 is 14.3 Å². The van der Waals surface area contributed by atoms with Gasteiger partial charge in [-0.2, -0.15) is 0 Å². The maximum Gasteiger partial charge on any atom is 0.337 e. The smallest absolute Gasteiger partial charge is 0.337 e. The molecule has 0 aliphatic rings. The van der Waals surface area contributed by atoms with E-state index in [1.54, 1.807) is 54.4 Å².